The predicted molar refractivity (Wildman–Crippen MR) is 48.8 cm³/mol. The molecule has 0 amide bonds. The number of rotatable bonds is 4. The van der Waals surface area contributed by atoms with Gasteiger partial charge in [0.25, 0.3) is 0 Å². The van der Waals surface area contributed by atoms with E-state index in [1.54, 1.807) is 6.20 Å². The van der Waals surface area contributed by atoms with E-state index >= 15 is 0 Å². The van der Waals surface area contributed by atoms with Crippen molar-refractivity contribution in [3.05, 3.63) is 30.1 Å². The lowest BCUT2D eigenvalue weighted by molar-refractivity contribution is 0.0507. The first-order chi connectivity index (χ1) is 5.83. The van der Waals surface area contributed by atoms with Crippen LogP contribution in [0.3, 0.4) is 0 Å². The zero-order valence-corrected chi connectivity index (χ0v) is 7.66. The van der Waals surface area contributed by atoms with Crippen molar-refractivity contribution >= 4 is 0 Å². The Labute approximate surface area is 73.6 Å². The van der Waals surface area contributed by atoms with E-state index in [0.717, 1.165) is 12.0 Å². The lowest BCUT2D eigenvalue weighted by atomic mass is 10.3. The number of hydrogen-bond acceptors (Lipinski definition) is 2. The highest BCUT2D eigenvalue weighted by Crippen LogP contribution is 2.03. The van der Waals surface area contributed by atoms with Crippen LogP contribution in [0.1, 0.15) is 25.8 Å². The standard InChI is InChI=1S/C10H15NO/c1-3-9(2)12-8-10-5-4-6-11-7-10/h4-7,9H,3,8H2,1-2H3. The van der Waals surface area contributed by atoms with E-state index in [0.29, 0.717) is 12.7 Å². The fourth-order valence-electron chi connectivity index (χ4n) is 0.840. The molecule has 0 spiro atoms. The van der Waals surface area contributed by atoms with Gasteiger partial charge >= 0.3 is 0 Å². The number of ether oxygens (including phenoxy) is 1. The Balaban J connectivity index is 2.33. The van der Waals surface area contributed by atoms with Crippen molar-refractivity contribution in [3.63, 3.8) is 0 Å². The zero-order valence-electron chi connectivity index (χ0n) is 7.66. The first kappa shape index (κ1) is 9.20. The van der Waals surface area contributed by atoms with E-state index in [-0.39, 0.29) is 0 Å². The fourth-order valence-corrected chi connectivity index (χ4v) is 0.840. The minimum atomic E-state index is 0.338. The van der Waals surface area contributed by atoms with Crippen LogP contribution in [0.2, 0.25) is 0 Å². The summed E-state index contributed by atoms with van der Waals surface area (Å²) in [7, 11) is 0. The smallest absolute Gasteiger partial charge is 0.0735 e. The van der Waals surface area contributed by atoms with Crippen LogP contribution in [0.25, 0.3) is 0 Å². The Bertz CT molecular complexity index is 210. The molecule has 0 fully saturated rings. The molecular formula is C10H15NO. The summed E-state index contributed by atoms with van der Waals surface area (Å²) in [5, 5.41) is 0. The lowest BCUT2D eigenvalue weighted by Crippen LogP contribution is -2.05. The molecule has 1 aromatic heterocycles. The van der Waals surface area contributed by atoms with Crippen molar-refractivity contribution in [1.82, 2.24) is 4.98 Å². The summed E-state index contributed by atoms with van der Waals surface area (Å²) in [5.41, 5.74) is 1.14. The van der Waals surface area contributed by atoms with Crippen molar-refractivity contribution in [2.24, 2.45) is 0 Å². The molecule has 0 saturated carbocycles. The van der Waals surface area contributed by atoms with E-state index in [1.165, 1.54) is 0 Å². The molecule has 1 aromatic rings. The van der Waals surface area contributed by atoms with Crippen LogP contribution in [-0.2, 0) is 11.3 Å². The molecule has 0 radical (unpaired) electrons. The van der Waals surface area contributed by atoms with Crippen molar-refractivity contribution in [2.75, 3.05) is 0 Å². The summed E-state index contributed by atoms with van der Waals surface area (Å²) >= 11 is 0. The van der Waals surface area contributed by atoms with Crippen LogP contribution >= 0.6 is 0 Å². The van der Waals surface area contributed by atoms with Gasteiger partial charge < -0.3 is 4.74 Å². The Hall–Kier alpha value is -0.890. The van der Waals surface area contributed by atoms with Crippen molar-refractivity contribution in [1.29, 1.82) is 0 Å². The molecule has 12 heavy (non-hydrogen) atoms. The topological polar surface area (TPSA) is 22.1 Å². The molecule has 2 heteroatoms. The molecule has 0 aliphatic heterocycles. The monoisotopic (exact) mass is 165 g/mol. The Morgan fingerprint density at radius 3 is 3.00 bits per heavy atom. The average molecular weight is 165 g/mol. The van der Waals surface area contributed by atoms with Crippen LogP contribution in [0.5, 0.6) is 0 Å². The second-order valence-electron chi connectivity index (χ2n) is 2.89. The third-order valence-electron chi connectivity index (χ3n) is 1.83. The SMILES string of the molecule is CCC(C)OCc1cccnc1. The quantitative estimate of drug-likeness (QED) is 0.683. The van der Waals surface area contributed by atoms with Crippen LogP contribution in [0, 0.1) is 0 Å². The van der Waals surface area contributed by atoms with Crippen LogP contribution in [0.4, 0.5) is 0 Å². The van der Waals surface area contributed by atoms with E-state index in [2.05, 4.69) is 18.8 Å². The zero-order chi connectivity index (χ0) is 8.81. The third-order valence-corrected chi connectivity index (χ3v) is 1.83. The van der Waals surface area contributed by atoms with E-state index in [9.17, 15) is 0 Å². The normalized spacial score (nSPS) is 12.8. The second kappa shape index (κ2) is 4.88. The fraction of sp³-hybridized carbons (Fsp3) is 0.500. The van der Waals surface area contributed by atoms with Gasteiger partial charge in [0.1, 0.15) is 0 Å². The van der Waals surface area contributed by atoms with E-state index in [4.69, 9.17) is 4.74 Å². The summed E-state index contributed by atoms with van der Waals surface area (Å²) in [6.07, 6.45) is 5.00. The highest BCUT2D eigenvalue weighted by Gasteiger charge is 1.98. The Morgan fingerprint density at radius 2 is 2.42 bits per heavy atom. The predicted octanol–water partition coefficient (Wildman–Crippen LogP) is 2.40. The molecule has 1 heterocycles. The number of nitrogens with zero attached hydrogens (tertiary/aromatic N) is 1. The molecule has 0 saturated heterocycles. The van der Waals surface area contributed by atoms with Crippen molar-refractivity contribution in [3.8, 4) is 0 Å². The molecule has 0 aliphatic carbocycles. The molecule has 2 nitrogen and oxygen atoms in total. The molecule has 1 unspecified atom stereocenters. The van der Waals surface area contributed by atoms with Gasteiger partial charge in [-0.15, -0.1) is 0 Å². The van der Waals surface area contributed by atoms with Gasteiger partial charge in [-0.1, -0.05) is 13.0 Å². The highest BCUT2D eigenvalue weighted by molar-refractivity contribution is 5.06. The van der Waals surface area contributed by atoms with Gasteiger partial charge in [-0.2, -0.15) is 0 Å². The van der Waals surface area contributed by atoms with Gasteiger partial charge in [0, 0.05) is 12.4 Å². The van der Waals surface area contributed by atoms with Gasteiger partial charge in [-0.05, 0) is 25.0 Å². The summed E-state index contributed by atoms with van der Waals surface area (Å²) in [5.74, 6) is 0. The summed E-state index contributed by atoms with van der Waals surface area (Å²) in [6, 6.07) is 3.95. The van der Waals surface area contributed by atoms with E-state index < -0.39 is 0 Å². The maximum atomic E-state index is 5.54. The van der Waals surface area contributed by atoms with Crippen LogP contribution in [-0.4, -0.2) is 11.1 Å². The largest absolute Gasteiger partial charge is 0.374 e. The first-order valence-corrected chi connectivity index (χ1v) is 4.33. The molecule has 0 bridgehead atoms. The van der Waals surface area contributed by atoms with Crippen molar-refractivity contribution in [2.45, 2.75) is 33.0 Å². The third kappa shape index (κ3) is 3.01. The molecule has 0 N–H and O–H groups in total. The summed E-state index contributed by atoms with van der Waals surface area (Å²) < 4.78 is 5.54. The molecule has 66 valence electrons. The van der Waals surface area contributed by atoms with Crippen molar-refractivity contribution < 1.29 is 4.74 Å². The second-order valence-corrected chi connectivity index (χ2v) is 2.89. The number of aromatic nitrogens is 1. The maximum absolute atomic E-state index is 5.54. The van der Waals surface area contributed by atoms with Gasteiger partial charge in [0.15, 0.2) is 0 Å². The Morgan fingerprint density at radius 1 is 1.58 bits per heavy atom. The van der Waals surface area contributed by atoms with Gasteiger partial charge in [-0.3, -0.25) is 4.98 Å². The Kier molecular flexibility index (Phi) is 3.74. The number of pyridine rings is 1. The minimum absolute atomic E-state index is 0.338. The lowest BCUT2D eigenvalue weighted by Gasteiger charge is -2.09. The molecular weight excluding hydrogens is 150 g/mol. The van der Waals surface area contributed by atoms with Crippen LogP contribution < -0.4 is 0 Å². The van der Waals surface area contributed by atoms with E-state index in [1.807, 2.05) is 18.3 Å². The molecule has 1 atom stereocenters. The summed E-state index contributed by atoms with van der Waals surface area (Å²) in [4.78, 5) is 4.01. The van der Waals surface area contributed by atoms with Gasteiger partial charge in [0.2, 0.25) is 0 Å². The van der Waals surface area contributed by atoms with Gasteiger partial charge in [0.05, 0.1) is 12.7 Å². The first-order valence-electron chi connectivity index (χ1n) is 4.33. The molecule has 1 rings (SSSR count). The molecule has 0 aromatic carbocycles. The maximum Gasteiger partial charge on any atom is 0.0735 e. The van der Waals surface area contributed by atoms with Gasteiger partial charge in [-0.25, -0.2) is 0 Å². The number of hydrogen-bond donors (Lipinski definition) is 0. The van der Waals surface area contributed by atoms with Crippen LogP contribution in [0.15, 0.2) is 24.5 Å². The minimum Gasteiger partial charge on any atom is -0.374 e. The molecule has 0 aliphatic rings. The average Bonchev–Trinajstić information content (AvgIpc) is 2.16. The highest BCUT2D eigenvalue weighted by atomic mass is 16.5. The summed E-state index contributed by atoms with van der Waals surface area (Å²) in [6.45, 7) is 4.87.